The molecule has 0 aliphatic carbocycles. The minimum absolute atomic E-state index is 0.00167. The smallest absolute Gasteiger partial charge is 0.344 e. The molecule has 0 N–H and O–H groups in total. The first kappa shape index (κ1) is 18.4. The highest BCUT2D eigenvalue weighted by Gasteiger charge is 2.19. The predicted molar refractivity (Wildman–Crippen MR) is 108 cm³/mol. The highest BCUT2D eigenvalue weighted by molar-refractivity contribution is 5.93. The van der Waals surface area contributed by atoms with Gasteiger partial charge in [0.1, 0.15) is 0 Å². The summed E-state index contributed by atoms with van der Waals surface area (Å²) in [5.74, 6) is -1.32. The lowest BCUT2D eigenvalue weighted by Gasteiger charge is -2.11. The zero-order valence-electron chi connectivity index (χ0n) is 15.7. The molecule has 3 aromatic carbocycles. The number of hydrogen-bond donors (Lipinski definition) is 0. The van der Waals surface area contributed by atoms with E-state index in [1.54, 1.807) is 12.1 Å². The van der Waals surface area contributed by atoms with E-state index in [9.17, 15) is 14.4 Å². The van der Waals surface area contributed by atoms with E-state index in [0.29, 0.717) is 16.5 Å². The van der Waals surface area contributed by atoms with Crippen LogP contribution in [0.1, 0.15) is 13.8 Å². The van der Waals surface area contributed by atoms with Crippen LogP contribution in [0.25, 0.3) is 32.9 Å². The number of hydrogen-bond acceptors (Lipinski definition) is 6. The van der Waals surface area contributed by atoms with Crippen LogP contribution in [0.5, 0.6) is 11.5 Å². The van der Waals surface area contributed by atoms with Gasteiger partial charge in [-0.2, -0.15) is 0 Å². The van der Waals surface area contributed by atoms with Gasteiger partial charge in [0.25, 0.3) is 0 Å². The standard InChI is InChI=1S/C23H16O6/c1-13(24)27-20-10-9-18-12-19(23(26)29-21(18)22(20)28-14(2)25)17-8-7-15-5-3-4-6-16(15)11-17/h3-12H,1-2H3. The third-order valence-electron chi connectivity index (χ3n) is 4.38. The van der Waals surface area contributed by atoms with Gasteiger partial charge in [-0.25, -0.2) is 4.79 Å². The maximum Gasteiger partial charge on any atom is 0.344 e. The second kappa shape index (κ2) is 7.24. The number of ether oxygens (including phenoxy) is 2. The van der Waals surface area contributed by atoms with Crippen molar-refractivity contribution in [1.29, 1.82) is 0 Å². The van der Waals surface area contributed by atoms with Gasteiger partial charge >= 0.3 is 17.6 Å². The zero-order chi connectivity index (χ0) is 20.5. The molecule has 0 saturated heterocycles. The normalized spacial score (nSPS) is 10.8. The van der Waals surface area contributed by atoms with Crippen molar-refractivity contribution in [3.63, 3.8) is 0 Å². The summed E-state index contributed by atoms with van der Waals surface area (Å²) in [6, 6.07) is 18.3. The van der Waals surface area contributed by atoms with Gasteiger partial charge in [0.15, 0.2) is 11.3 Å². The van der Waals surface area contributed by atoms with E-state index in [0.717, 1.165) is 10.8 Å². The third kappa shape index (κ3) is 3.60. The van der Waals surface area contributed by atoms with Gasteiger partial charge in [-0.15, -0.1) is 0 Å². The van der Waals surface area contributed by atoms with E-state index in [-0.39, 0.29) is 17.1 Å². The molecule has 1 aromatic heterocycles. The van der Waals surface area contributed by atoms with E-state index >= 15 is 0 Å². The van der Waals surface area contributed by atoms with Crippen molar-refractivity contribution in [2.75, 3.05) is 0 Å². The molecular weight excluding hydrogens is 372 g/mol. The lowest BCUT2D eigenvalue weighted by molar-refractivity contribution is -0.134. The summed E-state index contributed by atoms with van der Waals surface area (Å²) in [6.45, 7) is 2.43. The Labute approximate surface area is 165 Å². The van der Waals surface area contributed by atoms with Gasteiger partial charge in [-0.1, -0.05) is 36.4 Å². The molecule has 4 aromatic rings. The average Bonchev–Trinajstić information content (AvgIpc) is 2.68. The molecule has 0 aliphatic heterocycles. The van der Waals surface area contributed by atoms with Crippen molar-refractivity contribution in [2.45, 2.75) is 13.8 Å². The average molecular weight is 388 g/mol. The fourth-order valence-electron chi connectivity index (χ4n) is 3.17. The molecule has 1 heterocycles. The second-order valence-electron chi connectivity index (χ2n) is 6.51. The van der Waals surface area contributed by atoms with Crippen LogP contribution in [0.4, 0.5) is 0 Å². The molecular formula is C23H16O6. The van der Waals surface area contributed by atoms with Gasteiger partial charge < -0.3 is 13.9 Å². The van der Waals surface area contributed by atoms with Crippen LogP contribution in [0.2, 0.25) is 0 Å². The Morgan fingerprint density at radius 2 is 1.48 bits per heavy atom. The van der Waals surface area contributed by atoms with E-state index in [1.807, 2.05) is 42.5 Å². The summed E-state index contributed by atoms with van der Waals surface area (Å²) in [7, 11) is 0. The number of benzene rings is 3. The number of carbonyl (C=O) groups excluding carboxylic acids is 2. The summed E-state index contributed by atoms with van der Waals surface area (Å²) in [5, 5.41) is 2.58. The third-order valence-corrected chi connectivity index (χ3v) is 4.38. The van der Waals surface area contributed by atoms with Crippen LogP contribution in [0, 0.1) is 0 Å². The van der Waals surface area contributed by atoms with Crippen molar-refractivity contribution in [3.05, 3.63) is 71.1 Å². The number of carbonyl (C=O) groups is 2. The van der Waals surface area contributed by atoms with Crippen LogP contribution in [0.15, 0.2) is 69.9 Å². The topological polar surface area (TPSA) is 82.8 Å². The maximum absolute atomic E-state index is 12.7. The molecule has 0 saturated carbocycles. The number of fused-ring (bicyclic) bond motifs is 2. The quantitative estimate of drug-likeness (QED) is 0.293. The molecule has 0 radical (unpaired) electrons. The Morgan fingerprint density at radius 1 is 0.793 bits per heavy atom. The largest absolute Gasteiger partial charge is 0.423 e. The Bertz CT molecular complexity index is 1330. The van der Waals surface area contributed by atoms with Gasteiger partial charge in [0.05, 0.1) is 5.56 Å². The molecule has 6 nitrogen and oxygen atoms in total. The molecule has 0 amide bonds. The van der Waals surface area contributed by atoms with Crippen LogP contribution in [0.3, 0.4) is 0 Å². The monoisotopic (exact) mass is 388 g/mol. The second-order valence-corrected chi connectivity index (χ2v) is 6.51. The van der Waals surface area contributed by atoms with E-state index in [1.165, 1.54) is 19.9 Å². The molecule has 0 aliphatic rings. The lowest BCUT2D eigenvalue weighted by atomic mass is 10.0. The minimum atomic E-state index is -0.632. The van der Waals surface area contributed by atoms with E-state index < -0.39 is 17.6 Å². The summed E-state index contributed by atoms with van der Waals surface area (Å²) in [4.78, 5) is 35.6. The first-order valence-electron chi connectivity index (χ1n) is 8.89. The van der Waals surface area contributed by atoms with Gasteiger partial charge in [0, 0.05) is 19.2 Å². The number of esters is 2. The zero-order valence-corrected chi connectivity index (χ0v) is 15.7. The molecule has 0 fully saturated rings. The molecule has 0 atom stereocenters. The Morgan fingerprint density at radius 3 is 2.21 bits per heavy atom. The fourth-order valence-corrected chi connectivity index (χ4v) is 3.17. The van der Waals surface area contributed by atoms with Crippen molar-refractivity contribution in [3.8, 4) is 22.6 Å². The molecule has 6 heteroatoms. The van der Waals surface area contributed by atoms with Crippen molar-refractivity contribution >= 4 is 33.7 Å². The molecule has 4 rings (SSSR count). The highest BCUT2D eigenvalue weighted by Crippen LogP contribution is 2.37. The van der Waals surface area contributed by atoms with Crippen LogP contribution >= 0.6 is 0 Å². The summed E-state index contributed by atoms with van der Waals surface area (Å²) in [6.07, 6.45) is 0. The van der Waals surface area contributed by atoms with Gasteiger partial charge in [0.2, 0.25) is 5.75 Å². The molecule has 0 spiro atoms. The molecule has 0 bridgehead atoms. The Balaban J connectivity index is 1.91. The first-order chi connectivity index (χ1) is 13.9. The van der Waals surface area contributed by atoms with Crippen LogP contribution in [-0.4, -0.2) is 11.9 Å². The SMILES string of the molecule is CC(=O)Oc1ccc2cc(-c3ccc4ccccc4c3)c(=O)oc2c1OC(C)=O. The Hall–Kier alpha value is -3.93. The first-order valence-corrected chi connectivity index (χ1v) is 8.89. The summed E-state index contributed by atoms with van der Waals surface area (Å²) in [5.41, 5.74) is 0.518. The van der Waals surface area contributed by atoms with E-state index in [2.05, 4.69) is 0 Å². The highest BCUT2D eigenvalue weighted by atomic mass is 16.6. The van der Waals surface area contributed by atoms with Crippen LogP contribution < -0.4 is 15.1 Å². The summed E-state index contributed by atoms with van der Waals surface area (Å²) >= 11 is 0. The maximum atomic E-state index is 12.7. The van der Waals surface area contributed by atoms with Crippen molar-refractivity contribution < 1.29 is 23.5 Å². The Kier molecular flexibility index (Phi) is 4.60. The molecule has 29 heavy (non-hydrogen) atoms. The fraction of sp³-hybridized carbons (Fsp3) is 0.0870. The van der Waals surface area contributed by atoms with Gasteiger partial charge in [-0.3, -0.25) is 9.59 Å². The minimum Gasteiger partial charge on any atom is -0.423 e. The molecule has 0 unspecified atom stereocenters. The summed E-state index contributed by atoms with van der Waals surface area (Å²) < 4.78 is 15.7. The number of rotatable bonds is 3. The predicted octanol–water partition coefficient (Wildman–Crippen LogP) is 4.46. The molecule has 144 valence electrons. The van der Waals surface area contributed by atoms with Crippen LogP contribution in [-0.2, 0) is 9.59 Å². The van der Waals surface area contributed by atoms with Crippen molar-refractivity contribution in [2.24, 2.45) is 0 Å². The van der Waals surface area contributed by atoms with Crippen molar-refractivity contribution in [1.82, 2.24) is 0 Å². The lowest BCUT2D eigenvalue weighted by Crippen LogP contribution is -2.09. The van der Waals surface area contributed by atoms with E-state index in [4.69, 9.17) is 13.9 Å². The van der Waals surface area contributed by atoms with Gasteiger partial charge in [-0.05, 0) is 40.6 Å².